The molecule has 306 valence electrons. The molecule has 0 aliphatic carbocycles. The van der Waals surface area contributed by atoms with E-state index in [2.05, 4.69) is 50.3 Å². The van der Waals surface area contributed by atoms with Crippen LogP contribution in [-0.4, -0.2) is 65.7 Å². The van der Waals surface area contributed by atoms with Gasteiger partial charge in [0.05, 0.1) is 32.8 Å². The summed E-state index contributed by atoms with van der Waals surface area (Å²) in [5, 5.41) is 19.1. The first kappa shape index (κ1) is 50.7. The van der Waals surface area contributed by atoms with Crippen molar-refractivity contribution in [2.24, 2.45) is 0 Å². The molecular formula is C42H73O10P. The van der Waals surface area contributed by atoms with E-state index in [0.29, 0.717) is 12.8 Å². The van der Waals surface area contributed by atoms with Crippen molar-refractivity contribution < 1.29 is 47.8 Å². The highest BCUT2D eigenvalue weighted by atomic mass is 31.2. The first-order chi connectivity index (χ1) is 25.8. The van der Waals surface area contributed by atoms with Gasteiger partial charge in [0.1, 0.15) is 12.2 Å². The van der Waals surface area contributed by atoms with E-state index in [-0.39, 0.29) is 12.8 Å². The number of phosphoric ester groups is 1. The fourth-order valence-electron chi connectivity index (χ4n) is 5.19. The number of hydrogen-bond acceptors (Lipinski definition) is 9. The average molecular weight is 769 g/mol. The molecule has 11 heteroatoms. The van der Waals surface area contributed by atoms with Crippen molar-refractivity contribution in [3.05, 3.63) is 60.8 Å². The SMILES string of the molecule is CC/C=C\C/C=C\C/C=C\C/C=C\C/C=C\CC(=O)OC(CO)COP(=O)(O)OCC(CO)OC(=O)CCCCCCCCCCCCCCCCC. The molecule has 10 nitrogen and oxygen atoms in total. The van der Waals surface area contributed by atoms with Crippen LogP contribution >= 0.6 is 7.82 Å². The van der Waals surface area contributed by atoms with E-state index in [9.17, 15) is 29.3 Å². The predicted octanol–water partition coefficient (Wildman–Crippen LogP) is 10.3. The normalized spacial score (nSPS) is 14.6. The van der Waals surface area contributed by atoms with Crippen LogP contribution in [0.3, 0.4) is 0 Å². The maximum absolute atomic E-state index is 12.3. The molecule has 3 N–H and O–H groups in total. The third-order valence-corrected chi connectivity index (χ3v) is 9.23. The number of aliphatic hydroxyl groups excluding tert-OH is 2. The smallest absolute Gasteiger partial charge is 0.457 e. The minimum Gasteiger partial charge on any atom is -0.457 e. The summed E-state index contributed by atoms with van der Waals surface area (Å²) in [6.45, 7) is 1.97. The van der Waals surface area contributed by atoms with Crippen LogP contribution in [0.2, 0.25) is 0 Å². The van der Waals surface area contributed by atoms with Gasteiger partial charge in [-0.15, -0.1) is 0 Å². The Morgan fingerprint density at radius 3 is 1.28 bits per heavy atom. The Kier molecular flexibility index (Phi) is 36.3. The molecule has 0 saturated heterocycles. The first-order valence-electron chi connectivity index (χ1n) is 20.2. The number of allylic oxidation sites excluding steroid dienone is 9. The van der Waals surface area contributed by atoms with E-state index in [1.54, 1.807) is 6.08 Å². The average Bonchev–Trinajstić information content (AvgIpc) is 3.14. The maximum Gasteiger partial charge on any atom is 0.472 e. The van der Waals surface area contributed by atoms with Gasteiger partial charge in [0, 0.05) is 6.42 Å². The van der Waals surface area contributed by atoms with Crippen LogP contribution in [0.25, 0.3) is 0 Å². The molecular weight excluding hydrogens is 695 g/mol. The van der Waals surface area contributed by atoms with Crippen molar-refractivity contribution in [1.29, 1.82) is 0 Å². The summed E-state index contributed by atoms with van der Waals surface area (Å²) in [5.74, 6) is -1.15. The van der Waals surface area contributed by atoms with Gasteiger partial charge in [-0.25, -0.2) is 4.57 Å². The summed E-state index contributed by atoms with van der Waals surface area (Å²) in [7, 11) is -4.66. The number of carbonyl (C=O) groups excluding carboxylic acids is 2. The maximum atomic E-state index is 12.3. The Balaban J connectivity index is 4.06. The third-order valence-electron chi connectivity index (χ3n) is 8.28. The Bertz CT molecular complexity index is 1070. The van der Waals surface area contributed by atoms with Gasteiger partial charge in [-0.2, -0.15) is 0 Å². The number of phosphoric acid groups is 1. The Morgan fingerprint density at radius 1 is 0.528 bits per heavy atom. The highest BCUT2D eigenvalue weighted by Gasteiger charge is 2.27. The molecule has 0 aromatic carbocycles. The van der Waals surface area contributed by atoms with Gasteiger partial charge in [-0.1, -0.05) is 164 Å². The zero-order valence-electron chi connectivity index (χ0n) is 33.0. The van der Waals surface area contributed by atoms with E-state index in [1.165, 1.54) is 70.6 Å². The molecule has 0 amide bonds. The van der Waals surface area contributed by atoms with Gasteiger partial charge in [0.25, 0.3) is 0 Å². The zero-order valence-corrected chi connectivity index (χ0v) is 33.9. The molecule has 0 saturated carbocycles. The zero-order chi connectivity index (χ0) is 39.1. The van der Waals surface area contributed by atoms with Crippen LogP contribution in [0.4, 0.5) is 0 Å². The molecule has 0 aliphatic heterocycles. The summed E-state index contributed by atoms with van der Waals surface area (Å²) in [6, 6.07) is 0. The lowest BCUT2D eigenvalue weighted by Gasteiger charge is -2.20. The molecule has 0 bridgehead atoms. The summed E-state index contributed by atoms with van der Waals surface area (Å²) < 4.78 is 32.4. The summed E-state index contributed by atoms with van der Waals surface area (Å²) in [6.07, 6.45) is 40.8. The van der Waals surface area contributed by atoms with Crippen molar-refractivity contribution in [3.8, 4) is 0 Å². The Hall–Kier alpha value is -2.33. The van der Waals surface area contributed by atoms with E-state index in [0.717, 1.165) is 44.9 Å². The van der Waals surface area contributed by atoms with Crippen LogP contribution in [-0.2, 0) is 32.7 Å². The van der Waals surface area contributed by atoms with E-state index in [4.69, 9.17) is 18.5 Å². The number of hydrogen-bond donors (Lipinski definition) is 3. The monoisotopic (exact) mass is 768 g/mol. The molecule has 0 fully saturated rings. The van der Waals surface area contributed by atoms with Crippen LogP contribution in [0.15, 0.2) is 60.8 Å². The molecule has 3 atom stereocenters. The van der Waals surface area contributed by atoms with Gasteiger partial charge in [-0.3, -0.25) is 18.6 Å². The van der Waals surface area contributed by atoms with Crippen LogP contribution in [0, 0.1) is 0 Å². The van der Waals surface area contributed by atoms with E-state index >= 15 is 0 Å². The lowest BCUT2D eigenvalue weighted by Crippen LogP contribution is -2.28. The second-order valence-corrected chi connectivity index (χ2v) is 14.7. The fraction of sp³-hybridized carbons (Fsp3) is 0.714. The first-order valence-corrected chi connectivity index (χ1v) is 21.7. The van der Waals surface area contributed by atoms with E-state index < -0.39 is 58.4 Å². The van der Waals surface area contributed by atoms with Crippen molar-refractivity contribution in [2.75, 3.05) is 26.4 Å². The van der Waals surface area contributed by atoms with Crippen LogP contribution in [0.1, 0.15) is 155 Å². The molecule has 0 aromatic rings. The molecule has 0 rings (SSSR count). The number of aliphatic hydroxyl groups is 2. The quantitative estimate of drug-likeness (QED) is 0.0241. The number of carbonyl (C=O) groups is 2. The number of esters is 2. The van der Waals surface area contributed by atoms with Crippen LogP contribution in [0.5, 0.6) is 0 Å². The van der Waals surface area contributed by atoms with Gasteiger partial charge in [-0.05, 0) is 38.5 Å². The summed E-state index contributed by atoms with van der Waals surface area (Å²) in [4.78, 5) is 34.4. The molecule has 0 radical (unpaired) electrons. The fourth-order valence-corrected chi connectivity index (χ4v) is 5.97. The molecule has 0 heterocycles. The van der Waals surface area contributed by atoms with Crippen molar-refractivity contribution in [3.63, 3.8) is 0 Å². The molecule has 0 aromatic heterocycles. The minimum absolute atomic E-state index is 0.0414. The second-order valence-electron chi connectivity index (χ2n) is 13.3. The molecule has 0 spiro atoms. The Morgan fingerprint density at radius 2 is 0.887 bits per heavy atom. The van der Waals surface area contributed by atoms with Crippen molar-refractivity contribution in [1.82, 2.24) is 0 Å². The minimum atomic E-state index is -4.66. The number of unbranched alkanes of at least 4 members (excludes halogenated alkanes) is 14. The summed E-state index contributed by atoms with van der Waals surface area (Å²) in [5.41, 5.74) is 0. The molecule has 3 unspecified atom stereocenters. The van der Waals surface area contributed by atoms with E-state index in [1.807, 2.05) is 18.2 Å². The number of ether oxygens (including phenoxy) is 2. The van der Waals surface area contributed by atoms with Gasteiger partial charge in [0.2, 0.25) is 0 Å². The standard InChI is InChI=1S/C42H73O10P/c1-3-5-7-9-11-13-15-17-19-21-23-25-27-29-31-33-41(45)51-39(35-43)37-49-53(47,48)50-38-40(36-44)52-42(46)34-32-30-28-26-24-22-20-18-16-14-12-10-8-6-4-2/h5,7,11,13,17,19,23,25,29,31,39-40,43-44H,3-4,6,8-10,12,14-16,18,20-22,24,26-28,30,32-38H2,1-2H3,(H,47,48)/b7-5-,13-11-,19-17-,25-23-,31-29-. The number of rotatable bonds is 37. The topological polar surface area (TPSA) is 149 Å². The van der Waals surface area contributed by atoms with Crippen LogP contribution < -0.4 is 0 Å². The van der Waals surface area contributed by atoms with Crippen molar-refractivity contribution in [2.45, 2.75) is 167 Å². The lowest BCUT2D eigenvalue weighted by atomic mass is 10.0. The Labute approximate surface area is 321 Å². The molecule has 53 heavy (non-hydrogen) atoms. The van der Waals surface area contributed by atoms with Gasteiger partial charge < -0.3 is 24.6 Å². The highest BCUT2D eigenvalue weighted by molar-refractivity contribution is 7.47. The summed E-state index contributed by atoms with van der Waals surface area (Å²) >= 11 is 0. The predicted molar refractivity (Wildman–Crippen MR) is 214 cm³/mol. The largest absolute Gasteiger partial charge is 0.472 e. The molecule has 0 aliphatic rings. The van der Waals surface area contributed by atoms with Gasteiger partial charge >= 0.3 is 19.8 Å². The van der Waals surface area contributed by atoms with Gasteiger partial charge in [0.15, 0.2) is 0 Å². The third kappa shape index (κ3) is 36.4. The highest BCUT2D eigenvalue weighted by Crippen LogP contribution is 2.43. The lowest BCUT2D eigenvalue weighted by molar-refractivity contribution is -0.153. The van der Waals surface area contributed by atoms with Crippen molar-refractivity contribution >= 4 is 19.8 Å². The second kappa shape index (κ2) is 38.0.